The van der Waals surface area contributed by atoms with Crippen LogP contribution in [0.3, 0.4) is 0 Å². The lowest BCUT2D eigenvalue weighted by atomic mass is 10.1. The van der Waals surface area contributed by atoms with E-state index in [1.165, 1.54) is 0 Å². The van der Waals surface area contributed by atoms with Crippen LogP contribution in [0.2, 0.25) is 5.02 Å². The van der Waals surface area contributed by atoms with Crippen LogP contribution in [0.1, 0.15) is 22.6 Å². The first kappa shape index (κ1) is 20.3. The predicted molar refractivity (Wildman–Crippen MR) is 111 cm³/mol. The number of aryl methyl sites for hydroxylation is 2. The molecule has 0 fully saturated rings. The third-order valence-electron chi connectivity index (χ3n) is 4.18. The molecule has 0 saturated heterocycles. The number of amides is 1. The smallest absolute Gasteiger partial charge is 0.232 e. The molecule has 1 amide bonds. The maximum Gasteiger partial charge on any atom is 0.232 e. The SMILES string of the molecule is Cc1ccc(-c2nc(C[S@](=O)CC(=O)NCc3ccc(Cl)cc3)c(C)o2)cc1. The molecule has 0 aliphatic heterocycles. The Morgan fingerprint density at radius 3 is 2.46 bits per heavy atom. The minimum Gasteiger partial charge on any atom is -0.441 e. The molecule has 0 bridgehead atoms. The van der Waals surface area contributed by atoms with Crippen molar-refractivity contribution in [3.05, 3.63) is 76.1 Å². The molecule has 146 valence electrons. The van der Waals surface area contributed by atoms with Crippen LogP contribution in [0.15, 0.2) is 52.9 Å². The minimum absolute atomic E-state index is 0.0836. The van der Waals surface area contributed by atoms with Crippen LogP contribution in [-0.2, 0) is 27.9 Å². The summed E-state index contributed by atoms with van der Waals surface area (Å²) in [5.74, 6) is 0.936. The average Bonchev–Trinajstić information content (AvgIpc) is 3.02. The van der Waals surface area contributed by atoms with E-state index in [2.05, 4.69) is 10.3 Å². The molecule has 0 aliphatic rings. The molecule has 7 heteroatoms. The lowest BCUT2D eigenvalue weighted by molar-refractivity contribution is -0.118. The normalized spacial score (nSPS) is 12.0. The second-order valence-electron chi connectivity index (χ2n) is 6.52. The lowest BCUT2D eigenvalue weighted by Crippen LogP contribution is -2.28. The Hall–Kier alpha value is -2.44. The number of halogens is 1. The number of oxazole rings is 1. The average molecular weight is 417 g/mol. The van der Waals surface area contributed by atoms with Gasteiger partial charge in [0.1, 0.15) is 11.5 Å². The number of carbonyl (C=O) groups is 1. The standard InChI is InChI=1S/C21H21ClN2O3S/c1-14-3-7-17(8-4-14)21-24-19(15(2)27-21)12-28(26)13-20(25)23-11-16-5-9-18(22)10-6-16/h3-10H,11-13H2,1-2H3,(H,23,25)/t28-/m0/s1. The van der Waals surface area contributed by atoms with Crippen molar-refractivity contribution < 1.29 is 13.4 Å². The third kappa shape index (κ3) is 5.53. The molecule has 3 aromatic rings. The van der Waals surface area contributed by atoms with Crippen LogP contribution in [0.25, 0.3) is 11.5 Å². The molecule has 0 unspecified atom stereocenters. The molecule has 0 saturated carbocycles. The van der Waals surface area contributed by atoms with Crippen LogP contribution in [0, 0.1) is 13.8 Å². The highest BCUT2D eigenvalue weighted by molar-refractivity contribution is 7.84. The van der Waals surface area contributed by atoms with E-state index < -0.39 is 10.8 Å². The summed E-state index contributed by atoms with van der Waals surface area (Å²) in [4.78, 5) is 16.5. The molecule has 28 heavy (non-hydrogen) atoms. The van der Waals surface area contributed by atoms with E-state index >= 15 is 0 Å². The Bertz CT molecular complexity index is 982. The van der Waals surface area contributed by atoms with E-state index in [9.17, 15) is 9.00 Å². The number of benzene rings is 2. The first-order valence-electron chi connectivity index (χ1n) is 8.80. The van der Waals surface area contributed by atoms with E-state index in [1.54, 1.807) is 19.1 Å². The third-order valence-corrected chi connectivity index (χ3v) is 5.62. The summed E-state index contributed by atoms with van der Waals surface area (Å²) < 4.78 is 18.1. The molecule has 0 aliphatic carbocycles. The lowest BCUT2D eigenvalue weighted by Gasteiger charge is -2.05. The van der Waals surface area contributed by atoms with Gasteiger partial charge in [-0.2, -0.15) is 0 Å². The summed E-state index contributed by atoms with van der Waals surface area (Å²) in [6.07, 6.45) is 0. The van der Waals surface area contributed by atoms with Gasteiger partial charge in [-0.15, -0.1) is 0 Å². The van der Waals surface area contributed by atoms with Gasteiger partial charge in [0.05, 0.1) is 11.4 Å². The molecule has 2 aromatic carbocycles. The Kier molecular flexibility index (Phi) is 6.65. The van der Waals surface area contributed by atoms with Crippen molar-refractivity contribution in [3.63, 3.8) is 0 Å². The molecule has 1 heterocycles. The number of hydrogen-bond donors (Lipinski definition) is 1. The zero-order valence-electron chi connectivity index (χ0n) is 15.7. The van der Waals surface area contributed by atoms with Gasteiger partial charge in [-0.1, -0.05) is 41.4 Å². The highest BCUT2D eigenvalue weighted by Crippen LogP contribution is 2.22. The van der Waals surface area contributed by atoms with Crippen LogP contribution in [-0.4, -0.2) is 20.9 Å². The van der Waals surface area contributed by atoms with Crippen molar-refractivity contribution in [3.8, 4) is 11.5 Å². The van der Waals surface area contributed by atoms with Gasteiger partial charge in [0, 0.05) is 27.9 Å². The molecule has 1 aromatic heterocycles. The van der Waals surface area contributed by atoms with Crippen molar-refractivity contribution in [2.45, 2.75) is 26.1 Å². The molecular weight excluding hydrogens is 396 g/mol. The van der Waals surface area contributed by atoms with Gasteiger partial charge in [-0.25, -0.2) is 4.98 Å². The number of rotatable bonds is 7. The van der Waals surface area contributed by atoms with Crippen LogP contribution in [0.5, 0.6) is 0 Å². The van der Waals surface area contributed by atoms with E-state index in [1.807, 2.05) is 43.3 Å². The quantitative estimate of drug-likeness (QED) is 0.627. The van der Waals surface area contributed by atoms with Gasteiger partial charge in [-0.3, -0.25) is 9.00 Å². The number of nitrogens with zero attached hydrogens (tertiary/aromatic N) is 1. The Morgan fingerprint density at radius 1 is 1.11 bits per heavy atom. The number of hydrogen-bond acceptors (Lipinski definition) is 4. The zero-order chi connectivity index (χ0) is 20.1. The van der Waals surface area contributed by atoms with Gasteiger partial charge < -0.3 is 9.73 Å². The van der Waals surface area contributed by atoms with Crippen molar-refractivity contribution in [1.29, 1.82) is 0 Å². The second kappa shape index (κ2) is 9.17. The minimum atomic E-state index is -1.38. The molecule has 1 atom stereocenters. The molecule has 5 nitrogen and oxygen atoms in total. The van der Waals surface area contributed by atoms with E-state index in [-0.39, 0.29) is 17.4 Å². The fourth-order valence-corrected chi connectivity index (χ4v) is 3.78. The fraction of sp³-hybridized carbons (Fsp3) is 0.238. The monoisotopic (exact) mass is 416 g/mol. The van der Waals surface area contributed by atoms with E-state index in [0.717, 1.165) is 16.7 Å². The van der Waals surface area contributed by atoms with Crippen molar-refractivity contribution in [2.24, 2.45) is 0 Å². The molecule has 0 spiro atoms. The van der Waals surface area contributed by atoms with Crippen LogP contribution >= 0.6 is 11.6 Å². The van der Waals surface area contributed by atoms with Gasteiger partial charge in [0.15, 0.2) is 0 Å². The number of aromatic nitrogens is 1. The summed E-state index contributed by atoms with van der Waals surface area (Å²) in [7, 11) is -1.38. The fourth-order valence-electron chi connectivity index (χ4n) is 2.59. The Balaban J connectivity index is 1.55. The molecular formula is C21H21ClN2O3S. The maximum atomic E-state index is 12.4. The topological polar surface area (TPSA) is 72.2 Å². The summed E-state index contributed by atoms with van der Waals surface area (Å²) in [5.41, 5.74) is 3.56. The molecule has 3 rings (SSSR count). The van der Waals surface area contributed by atoms with Crippen molar-refractivity contribution in [2.75, 3.05) is 5.75 Å². The summed E-state index contributed by atoms with van der Waals surface area (Å²) in [6.45, 7) is 4.17. The van der Waals surface area contributed by atoms with Gasteiger partial charge in [0.2, 0.25) is 11.8 Å². The Morgan fingerprint density at radius 2 is 1.79 bits per heavy atom. The number of nitrogens with one attached hydrogen (secondary N) is 1. The van der Waals surface area contributed by atoms with E-state index in [0.29, 0.717) is 28.9 Å². The predicted octanol–water partition coefficient (Wildman–Crippen LogP) is 4.18. The van der Waals surface area contributed by atoms with Crippen molar-refractivity contribution >= 4 is 28.3 Å². The highest BCUT2D eigenvalue weighted by atomic mass is 35.5. The highest BCUT2D eigenvalue weighted by Gasteiger charge is 2.16. The molecule has 1 N–H and O–H groups in total. The van der Waals surface area contributed by atoms with Crippen LogP contribution < -0.4 is 5.32 Å². The van der Waals surface area contributed by atoms with Gasteiger partial charge in [0.25, 0.3) is 0 Å². The summed E-state index contributed by atoms with van der Waals surface area (Å²) in [6, 6.07) is 15.0. The van der Waals surface area contributed by atoms with Crippen LogP contribution in [0.4, 0.5) is 0 Å². The van der Waals surface area contributed by atoms with E-state index in [4.69, 9.17) is 16.0 Å². The second-order valence-corrected chi connectivity index (χ2v) is 8.41. The maximum absolute atomic E-state index is 12.4. The Labute approximate surface area is 171 Å². The summed E-state index contributed by atoms with van der Waals surface area (Å²) >= 11 is 5.84. The largest absolute Gasteiger partial charge is 0.441 e. The first-order valence-corrected chi connectivity index (χ1v) is 10.7. The first-order chi connectivity index (χ1) is 13.4. The van der Waals surface area contributed by atoms with Crippen molar-refractivity contribution in [1.82, 2.24) is 10.3 Å². The van der Waals surface area contributed by atoms with Gasteiger partial charge in [-0.05, 0) is 43.7 Å². The number of carbonyl (C=O) groups excluding carboxylic acids is 1. The zero-order valence-corrected chi connectivity index (χ0v) is 17.3. The summed E-state index contributed by atoms with van der Waals surface area (Å²) in [5, 5.41) is 3.41. The molecule has 0 radical (unpaired) electrons. The van der Waals surface area contributed by atoms with Gasteiger partial charge >= 0.3 is 0 Å².